The predicted molar refractivity (Wildman–Crippen MR) is 70.2 cm³/mol. The van der Waals surface area contributed by atoms with Crippen molar-refractivity contribution in [3.05, 3.63) is 24.3 Å². The number of hydrogen-bond donors (Lipinski definition) is 2. The van der Waals surface area contributed by atoms with Crippen molar-refractivity contribution in [3.63, 3.8) is 0 Å². The van der Waals surface area contributed by atoms with Crippen LogP contribution in [0.1, 0.15) is 6.42 Å². The summed E-state index contributed by atoms with van der Waals surface area (Å²) in [5.41, 5.74) is 0. The molecule has 1 aromatic carbocycles. The molecule has 0 saturated carbocycles. The third kappa shape index (κ3) is 3.32. The summed E-state index contributed by atoms with van der Waals surface area (Å²) in [6.07, 6.45) is 0.936. The van der Waals surface area contributed by atoms with Gasteiger partial charge < -0.3 is 14.9 Å². The molecule has 4 nitrogen and oxygen atoms in total. The number of ether oxygens (including phenoxy) is 1. The summed E-state index contributed by atoms with van der Waals surface area (Å²) in [6, 6.07) is 6.42. The van der Waals surface area contributed by atoms with Crippen molar-refractivity contribution in [2.24, 2.45) is 11.8 Å². The lowest BCUT2D eigenvalue weighted by Crippen LogP contribution is -2.29. The molecule has 0 bridgehead atoms. The first kappa shape index (κ1) is 13.1. The molecule has 2 unspecified atom stereocenters. The van der Waals surface area contributed by atoms with E-state index < -0.39 is 11.9 Å². The molecular weight excluding hydrogens is 252 g/mol. The lowest BCUT2D eigenvalue weighted by Gasteiger charge is -2.19. The normalized spacial score (nSPS) is 20.6. The lowest BCUT2D eigenvalue weighted by molar-refractivity contribution is -0.144. The largest absolute Gasteiger partial charge is 0.508 e. The molecule has 0 aromatic heterocycles. The summed E-state index contributed by atoms with van der Waals surface area (Å²) >= 11 is 1.79. The number of carbonyl (C=O) groups is 1. The average molecular weight is 268 g/mol. The minimum atomic E-state index is -0.803. The zero-order valence-corrected chi connectivity index (χ0v) is 10.7. The van der Waals surface area contributed by atoms with Crippen LogP contribution in [0.15, 0.2) is 24.3 Å². The first-order valence-corrected chi connectivity index (χ1v) is 7.04. The van der Waals surface area contributed by atoms with Crippen LogP contribution in [0.2, 0.25) is 0 Å². The van der Waals surface area contributed by atoms with Gasteiger partial charge in [0.25, 0.3) is 0 Å². The van der Waals surface area contributed by atoms with Gasteiger partial charge in [-0.2, -0.15) is 11.8 Å². The van der Waals surface area contributed by atoms with Gasteiger partial charge in [-0.25, -0.2) is 0 Å². The molecule has 98 valence electrons. The van der Waals surface area contributed by atoms with E-state index in [4.69, 9.17) is 4.74 Å². The molecule has 2 rings (SSSR count). The van der Waals surface area contributed by atoms with Gasteiger partial charge in [-0.1, -0.05) is 6.07 Å². The second-order valence-electron chi connectivity index (χ2n) is 4.38. The molecule has 1 aliphatic rings. The summed E-state index contributed by atoms with van der Waals surface area (Å²) in [7, 11) is 0. The van der Waals surface area contributed by atoms with Crippen LogP contribution < -0.4 is 4.74 Å². The first-order chi connectivity index (χ1) is 8.66. The van der Waals surface area contributed by atoms with E-state index in [1.165, 1.54) is 6.07 Å². The molecule has 0 amide bonds. The summed E-state index contributed by atoms with van der Waals surface area (Å²) in [4.78, 5) is 11.2. The maximum atomic E-state index is 11.2. The fourth-order valence-corrected chi connectivity index (χ4v) is 3.38. The van der Waals surface area contributed by atoms with E-state index in [2.05, 4.69) is 0 Å². The Labute approximate surface area is 110 Å². The van der Waals surface area contributed by atoms with Gasteiger partial charge in [-0.3, -0.25) is 4.79 Å². The highest BCUT2D eigenvalue weighted by Gasteiger charge is 2.31. The van der Waals surface area contributed by atoms with E-state index in [-0.39, 0.29) is 18.3 Å². The Morgan fingerprint density at radius 2 is 2.39 bits per heavy atom. The molecule has 18 heavy (non-hydrogen) atoms. The van der Waals surface area contributed by atoms with Crippen LogP contribution in [0.4, 0.5) is 0 Å². The van der Waals surface area contributed by atoms with E-state index in [0.29, 0.717) is 5.75 Å². The molecule has 1 fully saturated rings. The van der Waals surface area contributed by atoms with Crippen LogP contribution in [0.25, 0.3) is 0 Å². The van der Waals surface area contributed by atoms with Gasteiger partial charge in [-0.05, 0) is 36.0 Å². The van der Waals surface area contributed by atoms with E-state index in [0.717, 1.165) is 17.9 Å². The Morgan fingerprint density at radius 1 is 1.56 bits per heavy atom. The van der Waals surface area contributed by atoms with Gasteiger partial charge in [0.1, 0.15) is 18.1 Å². The molecule has 1 heterocycles. The van der Waals surface area contributed by atoms with Crippen LogP contribution in [-0.4, -0.2) is 34.3 Å². The Balaban J connectivity index is 1.95. The highest BCUT2D eigenvalue weighted by atomic mass is 32.2. The standard InChI is InChI=1S/C13H16O4S/c14-10-2-1-3-11(6-10)17-7-12(13(15)16)9-4-5-18-8-9/h1-3,6,9,12,14H,4-5,7-8H2,(H,15,16). The average Bonchev–Trinajstić information content (AvgIpc) is 2.82. The smallest absolute Gasteiger partial charge is 0.310 e. The number of carboxylic acids is 1. The molecule has 0 radical (unpaired) electrons. The van der Waals surface area contributed by atoms with Gasteiger partial charge in [0.05, 0.1) is 5.92 Å². The minimum Gasteiger partial charge on any atom is -0.508 e. The van der Waals surface area contributed by atoms with Crippen LogP contribution >= 0.6 is 11.8 Å². The van der Waals surface area contributed by atoms with Crippen molar-refractivity contribution in [1.29, 1.82) is 0 Å². The van der Waals surface area contributed by atoms with Gasteiger partial charge in [0.15, 0.2) is 0 Å². The topological polar surface area (TPSA) is 66.8 Å². The van der Waals surface area contributed by atoms with Crippen LogP contribution in [0.3, 0.4) is 0 Å². The van der Waals surface area contributed by atoms with Crippen molar-refractivity contribution in [2.75, 3.05) is 18.1 Å². The second-order valence-corrected chi connectivity index (χ2v) is 5.53. The van der Waals surface area contributed by atoms with Gasteiger partial charge in [-0.15, -0.1) is 0 Å². The third-order valence-electron chi connectivity index (χ3n) is 3.10. The Bertz CT molecular complexity index is 415. The molecule has 5 heteroatoms. The van der Waals surface area contributed by atoms with E-state index in [1.807, 2.05) is 0 Å². The van der Waals surface area contributed by atoms with Crippen LogP contribution in [0, 0.1) is 11.8 Å². The number of aromatic hydroxyl groups is 1. The molecule has 0 spiro atoms. The number of hydrogen-bond acceptors (Lipinski definition) is 4. The van der Waals surface area contributed by atoms with Crippen molar-refractivity contribution in [3.8, 4) is 11.5 Å². The number of benzene rings is 1. The SMILES string of the molecule is O=C(O)C(COc1cccc(O)c1)C1CCSC1. The molecule has 0 aliphatic carbocycles. The molecule has 2 N–H and O–H groups in total. The summed E-state index contributed by atoms with van der Waals surface area (Å²) < 4.78 is 5.47. The maximum Gasteiger partial charge on any atom is 0.310 e. The zero-order chi connectivity index (χ0) is 13.0. The third-order valence-corrected chi connectivity index (χ3v) is 4.29. The van der Waals surface area contributed by atoms with Crippen molar-refractivity contribution < 1.29 is 19.7 Å². The fraction of sp³-hybridized carbons (Fsp3) is 0.462. The Kier molecular flexibility index (Phi) is 4.36. The highest BCUT2D eigenvalue weighted by molar-refractivity contribution is 7.99. The van der Waals surface area contributed by atoms with Crippen LogP contribution in [0.5, 0.6) is 11.5 Å². The zero-order valence-electron chi connectivity index (χ0n) is 9.91. The Hall–Kier alpha value is -1.36. The molecule has 1 saturated heterocycles. The summed E-state index contributed by atoms with van der Waals surface area (Å²) in [6.45, 7) is 0.157. The first-order valence-electron chi connectivity index (χ1n) is 5.89. The lowest BCUT2D eigenvalue weighted by atomic mass is 9.93. The van der Waals surface area contributed by atoms with E-state index in [1.54, 1.807) is 30.0 Å². The number of thioether (sulfide) groups is 1. The number of carboxylic acid groups (broad SMARTS) is 1. The number of aliphatic carboxylic acids is 1. The fourth-order valence-electron chi connectivity index (χ4n) is 2.04. The summed E-state index contributed by atoms with van der Waals surface area (Å²) in [5.74, 6) is 1.46. The maximum absolute atomic E-state index is 11.2. The number of rotatable bonds is 5. The van der Waals surface area contributed by atoms with Crippen molar-refractivity contribution in [1.82, 2.24) is 0 Å². The van der Waals surface area contributed by atoms with Gasteiger partial charge >= 0.3 is 5.97 Å². The van der Waals surface area contributed by atoms with Gasteiger partial charge in [0.2, 0.25) is 0 Å². The molecular formula is C13H16O4S. The van der Waals surface area contributed by atoms with E-state index >= 15 is 0 Å². The highest BCUT2D eigenvalue weighted by Crippen LogP contribution is 2.30. The monoisotopic (exact) mass is 268 g/mol. The molecule has 1 aromatic rings. The minimum absolute atomic E-state index is 0.121. The molecule has 1 aliphatic heterocycles. The summed E-state index contributed by atoms with van der Waals surface area (Å²) in [5, 5.41) is 18.5. The Morgan fingerprint density at radius 3 is 3.00 bits per heavy atom. The van der Waals surface area contributed by atoms with Gasteiger partial charge in [0, 0.05) is 6.07 Å². The number of phenols is 1. The quantitative estimate of drug-likeness (QED) is 0.857. The van der Waals surface area contributed by atoms with E-state index in [9.17, 15) is 15.0 Å². The van der Waals surface area contributed by atoms with Crippen molar-refractivity contribution in [2.45, 2.75) is 6.42 Å². The van der Waals surface area contributed by atoms with Crippen molar-refractivity contribution >= 4 is 17.7 Å². The molecule has 2 atom stereocenters. The predicted octanol–water partition coefficient (Wildman–Crippen LogP) is 2.22. The second kappa shape index (κ2) is 6.00. The van der Waals surface area contributed by atoms with Crippen LogP contribution in [-0.2, 0) is 4.79 Å². The number of phenolic OH excluding ortho intramolecular Hbond substituents is 1.